The van der Waals surface area contributed by atoms with Crippen molar-refractivity contribution in [2.24, 2.45) is 0 Å². The molecule has 0 aliphatic rings. The number of hydrogen-bond acceptors (Lipinski definition) is 0. The zero-order chi connectivity index (χ0) is 12.7. The van der Waals surface area contributed by atoms with E-state index in [4.69, 9.17) is 0 Å². The lowest BCUT2D eigenvalue weighted by molar-refractivity contribution is 1.28. The zero-order valence-electron chi connectivity index (χ0n) is 11.0. The Morgan fingerprint density at radius 2 is 1.39 bits per heavy atom. The largest absolute Gasteiger partial charge is 0.358 e. The van der Waals surface area contributed by atoms with Crippen LogP contribution < -0.4 is 0 Å². The van der Waals surface area contributed by atoms with Gasteiger partial charge in [-0.2, -0.15) is 0 Å². The molecule has 1 nitrogen and oxygen atoms in total. The van der Waals surface area contributed by atoms with Crippen molar-refractivity contribution in [3.63, 3.8) is 0 Å². The Labute approximate surface area is 107 Å². The second kappa shape index (κ2) is 4.02. The van der Waals surface area contributed by atoms with E-state index in [0.717, 1.165) is 0 Å². The highest BCUT2D eigenvalue weighted by atomic mass is 14.7. The Bertz CT molecular complexity index is 699. The van der Waals surface area contributed by atoms with Crippen molar-refractivity contribution in [3.05, 3.63) is 59.3 Å². The first-order valence-corrected chi connectivity index (χ1v) is 6.32. The van der Waals surface area contributed by atoms with E-state index in [1.54, 1.807) is 0 Å². The number of benzene rings is 2. The molecule has 1 heterocycles. The molecule has 0 fully saturated rings. The topological polar surface area (TPSA) is 15.8 Å². The number of nitrogens with one attached hydrogen (secondary N) is 1. The van der Waals surface area contributed by atoms with Crippen LogP contribution in [-0.4, -0.2) is 4.98 Å². The SMILES string of the molecule is Cc1cccc(C)c1-c1c(C)[nH]c2ccccc12. The third-order valence-corrected chi connectivity index (χ3v) is 3.62. The summed E-state index contributed by atoms with van der Waals surface area (Å²) in [6.45, 7) is 6.52. The van der Waals surface area contributed by atoms with Crippen molar-refractivity contribution in [3.8, 4) is 11.1 Å². The molecule has 3 aromatic rings. The van der Waals surface area contributed by atoms with E-state index in [0.29, 0.717) is 0 Å². The molecule has 3 rings (SSSR count). The van der Waals surface area contributed by atoms with Crippen LogP contribution in [0.25, 0.3) is 22.0 Å². The number of aromatic nitrogens is 1. The van der Waals surface area contributed by atoms with Gasteiger partial charge in [0.2, 0.25) is 0 Å². The molecule has 0 aliphatic carbocycles. The monoisotopic (exact) mass is 235 g/mol. The van der Waals surface area contributed by atoms with Gasteiger partial charge in [0.05, 0.1) is 0 Å². The van der Waals surface area contributed by atoms with Gasteiger partial charge in [0, 0.05) is 22.2 Å². The lowest BCUT2D eigenvalue weighted by atomic mass is 9.94. The first-order chi connectivity index (χ1) is 8.68. The second-order valence-electron chi connectivity index (χ2n) is 4.94. The molecular formula is C17H17N. The van der Waals surface area contributed by atoms with Gasteiger partial charge in [-0.15, -0.1) is 0 Å². The summed E-state index contributed by atoms with van der Waals surface area (Å²) >= 11 is 0. The summed E-state index contributed by atoms with van der Waals surface area (Å²) < 4.78 is 0. The molecule has 1 aromatic heterocycles. The third-order valence-electron chi connectivity index (χ3n) is 3.62. The van der Waals surface area contributed by atoms with Gasteiger partial charge in [-0.1, -0.05) is 36.4 Å². The average Bonchev–Trinajstić information content (AvgIpc) is 2.66. The lowest BCUT2D eigenvalue weighted by Crippen LogP contribution is -1.88. The Hall–Kier alpha value is -2.02. The minimum atomic E-state index is 1.22. The van der Waals surface area contributed by atoms with Crippen molar-refractivity contribution in [1.82, 2.24) is 4.98 Å². The minimum absolute atomic E-state index is 1.22. The second-order valence-corrected chi connectivity index (χ2v) is 4.94. The molecule has 0 saturated carbocycles. The van der Waals surface area contributed by atoms with Gasteiger partial charge in [0.1, 0.15) is 0 Å². The Morgan fingerprint density at radius 1 is 0.722 bits per heavy atom. The standard InChI is InChI=1S/C17H17N/c1-11-7-6-8-12(2)16(11)17-13(3)18-15-10-5-4-9-14(15)17/h4-10,18H,1-3H3. The molecule has 0 atom stereocenters. The van der Waals surface area contributed by atoms with Crippen molar-refractivity contribution < 1.29 is 0 Å². The molecule has 0 aliphatic heterocycles. The van der Waals surface area contributed by atoms with Crippen LogP contribution in [0.1, 0.15) is 16.8 Å². The third kappa shape index (κ3) is 1.55. The Morgan fingerprint density at radius 3 is 2.11 bits per heavy atom. The number of H-pyrrole nitrogens is 1. The molecule has 0 bridgehead atoms. The maximum Gasteiger partial charge on any atom is 0.0462 e. The van der Waals surface area contributed by atoms with Crippen LogP contribution in [0.5, 0.6) is 0 Å². The van der Waals surface area contributed by atoms with Gasteiger partial charge in [-0.25, -0.2) is 0 Å². The van der Waals surface area contributed by atoms with Gasteiger partial charge in [0.15, 0.2) is 0 Å². The van der Waals surface area contributed by atoms with E-state index in [1.165, 1.54) is 38.9 Å². The van der Waals surface area contributed by atoms with Crippen molar-refractivity contribution in [2.75, 3.05) is 0 Å². The van der Waals surface area contributed by atoms with E-state index in [2.05, 4.69) is 68.2 Å². The highest BCUT2D eigenvalue weighted by Crippen LogP contribution is 2.35. The van der Waals surface area contributed by atoms with E-state index in [-0.39, 0.29) is 0 Å². The van der Waals surface area contributed by atoms with E-state index in [9.17, 15) is 0 Å². The number of fused-ring (bicyclic) bond motifs is 1. The van der Waals surface area contributed by atoms with Crippen molar-refractivity contribution in [2.45, 2.75) is 20.8 Å². The van der Waals surface area contributed by atoms with Gasteiger partial charge >= 0.3 is 0 Å². The van der Waals surface area contributed by atoms with E-state index >= 15 is 0 Å². The smallest absolute Gasteiger partial charge is 0.0462 e. The molecule has 18 heavy (non-hydrogen) atoms. The van der Waals surface area contributed by atoms with Crippen LogP contribution in [0.3, 0.4) is 0 Å². The molecule has 1 N–H and O–H groups in total. The molecule has 0 unspecified atom stereocenters. The Kier molecular flexibility index (Phi) is 2.48. The predicted molar refractivity (Wildman–Crippen MR) is 77.9 cm³/mol. The predicted octanol–water partition coefficient (Wildman–Crippen LogP) is 4.76. The Balaban J connectivity index is 2.42. The first kappa shape index (κ1) is 11.1. The maximum atomic E-state index is 3.48. The molecule has 0 saturated heterocycles. The van der Waals surface area contributed by atoms with E-state index < -0.39 is 0 Å². The normalized spacial score (nSPS) is 11.1. The van der Waals surface area contributed by atoms with Crippen LogP contribution in [0, 0.1) is 20.8 Å². The van der Waals surface area contributed by atoms with Crippen LogP contribution in [-0.2, 0) is 0 Å². The summed E-state index contributed by atoms with van der Waals surface area (Å²) in [4.78, 5) is 3.48. The van der Waals surface area contributed by atoms with Crippen LogP contribution in [0.2, 0.25) is 0 Å². The minimum Gasteiger partial charge on any atom is -0.358 e. The molecule has 0 amide bonds. The molecule has 90 valence electrons. The molecule has 1 heteroatoms. The number of aromatic amines is 1. The highest BCUT2D eigenvalue weighted by molar-refractivity contribution is 5.98. The fourth-order valence-electron chi connectivity index (χ4n) is 2.81. The summed E-state index contributed by atoms with van der Waals surface area (Å²) in [5.41, 5.74) is 7.85. The molecular weight excluding hydrogens is 218 g/mol. The van der Waals surface area contributed by atoms with Gasteiger partial charge < -0.3 is 4.98 Å². The van der Waals surface area contributed by atoms with Gasteiger partial charge in [-0.3, -0.25) is 0 Å². The fraction of sp³-hybridized carbons (Fsp3) is 0.176. The number of aryl methyl sites for hydroxylation is 3. The quantitative estimate of drug-likeness (QED) is 0.626. The first-order valence-electron chi connectivity index (χ1n) is 6.32. The summed E-state index contributed by atoms with van der Waals surface area (Å²) in [6, 6.07) is 15.0. The van der Waals surface area contributed by atoms with Crippen molar-refractivity contribution in [1.29, 1.82) is 0 Å². The summed E-state index contributed by atoms with van der Waals surface area (Å²) in [5.74, 6) is 0. The van der Waals surface area contributed by atoms with Crippen LogP contribution in [0.4, 0.5) is 0 Å². The lowest BCUT2D eigenvalue weighted by Gasteiger charge is -2.10. The number of rotatable bonds is 1. The number of hydrogen-bond donors (Lipinski definition) is 1. The fourth-order valence-corrected chi connectivity index (χ4v) is 2.81. The average molecular weight is 235 g/mol. The molecule has 2 aromatic carbocycles. The van der Waals surface area contributed by atoms with E-state index in [1.807, 2.05) is 0 Å². The van der Waals surface area contributed by atoms with Gasteiger partial charge in [0.25, 0.3) is 0 Å². The molecule has 0 spiro atoms. The summed E-state index contributed by atoms with van der Waals surface area (Å²) in [5, 5.41) is 1.31. The maximum absolute atomic E-state index is 3.48. The van der Waals surface area contributed by atoms with Gasteiger partial charge in [-0.05, 0) is 43.5 Å². The summed E-state index contributed by atoms with van der Waals surface area (Å²) in [7, 11) is 0. The number of para-hydroxylation sites is 1. The zero-order valence-corrected chi connectivity index (χ0v) is 11.0. The van der Waals surface area contributed by atoms with Crippen molar-refractivity contribution >= 4 is 10.9 Å². The van der Waals surface area contributed by atoms with Crippen LogP contribution >= 0.6 is 0 Å². The summed E-state index contributed by atoms with van der Waals surface area (Å²) in [6.07, 6.45) is 0. The molecule has 0 radical (unpaired) electrons. The van der Waals surface area contributed by atoms with Crippen LogP contribution in [0.15, 0.2) is 42.5 Å². The highest BCUT2D eigenvalue weighted by Gasteiger charge is 2.13.